The van der Waals surface area contributed by atoms with Gasteiger partial charge in [-0.15, -0.1) is 0 Å². The molecule has 0 unspecified atom stereocenters. The van der Waals surface area contributed by atoms with Crippen molar-refractivity contribution in [1.82, 2.24) is 15.4 Å². The van der Waals surface area contributed by atoms with Gasteiger partial charge in [0.1, 0.15) is 0 Å². The van der Waals surface area contributed by atoms with Gasteiger partial charge in [0.15, 0.2) is 5.82 Å². The van der Waals surface area contributed by atoms with Crippen LogP contribution in [0, 0.1) is 6.92 Å². The molecular weight excluding hydrogens is 200 g/mol. The van der Waals surface area contributed by atoms with Crippen molar-refractivity contribution in [3.05, 3.63) is 47.9 Å². The van der Waals surface area contributed by atoms with Gasteiger partial charge in [0.25, 0.3) is 0 Å². The number of anilines is 2. The lowest BCUT2D eigenvalue weighted by Crippen LogP contribution is -2.27. The van der Waals surface area contributed by atoms with Crippen molar-refractivity contribution in [3.63, 3.8) is 0 Å². The van der Waals surface area contributed by atoms with E-state index >= 15 is 0 Å². The molecule has 0 atom stereocenters. The number of nitrogens with zero attached hydrogens (tertiary/aromatic N) is 3. The summed E-state index contributed by atoms with van der Waals surface area (Å²) in [6.45, 7) is 2.77. The van der Waals surface area contributed by atoms with Gasteiger partial charge in [0.05, 0.1) is 23.8 Å². The maximum atomic E-state index is 4.36. The Morgan fingerprint density at radius 3 is 2.88 bits per heavy atom. The zero-order valence-electron chi connectivity index (χ0n) is 9.01. The van der Waals surface area contributed by atoms with Crippen LogP contribution in [0.2, 0.25) is 0 Å². The van der Waals surface area contributed by atoms with E-state index in [2.05, 4.69) is 27.5 Å². The molecule has 0 fully saturated rings. The summed E-state index contributed by atoms with van der Waals surface area (Å²) in [5.74, 6) is 0.829. The third-order valence-electron chi connectivity index (χ3n) is 2.66. The maximum Gasteiger partial charge on any atom is 0.166 e. The third-order valence-corrected chi connectivity index (χ3v) is 2.66. The molecular formula is C12H12N4. The number of hydrazine groups is 1. The van der Waals surface area contributed by atoms with Crippen molar-refractivity contribution in [3.8, 4) is 0 Å². The van der Waals surface area contributed by atoms with E-state index in [4.69, 9.17) is 0 Å². The minimum absolute atomic E-state index is 0.829. The molecule has 16 heavy (non-hydrogen) atoms. The Labute approximate surface area is 93.9 Å². The molecule has 1 N–H and O–H groups in total. The molecule has 3 rings (SSSR count). The van der Waals surface area contributed by atoms with Gasteiger partial charge >= 0.3 is 0 Å². The normalized spacial score (nSPS) is 13.9. The molecule has 0 spiro atoms. The van der Waals surface area contributed by atoms with E-state index < -0.39 is 0 Å². The van der Waals surface area contributed by atoms with E-state index in [1.54, 1.807) is 12.4 Å². The summed E-state index contributed by atoms with van der Waals surface area (Å²) in [5.41, 5.74) is 6.65. The Kier molecular flexibility index (Phi) is 2.08. The van der Waals surface area contributed by atoms with Gasteiger partial charge in [-0.3, -0.25) is 9.99 Å². The molecule has 4 heteroatoms. The van der Waals surface area contributed by atoms with E-state index in [9.17, 15) is 0 Å². The summed E-state index contributed by atoms with van der Waals surface area (Å²) in [6, 6.07) is 8.27. The molecule has 0 saturated carbocycles. The number of nitrogens with one attached hydrogen (secondary N) is 1. The average Bonchev–Trinajstić information content (AvgIpc) is 2.74. The molecule has 0 radical (unpaired) electrons. The van der Waals surface area contributed by atoms with Crippen molar-refractivity contribution in [1.29, 1.82) is 0 Å². The molecule has 2 aromatic rings. The highest BCUT2D eigenvalue weighted by Crippen LogP contribution is 2.29. The van der Waals surface area contributed by atoms with Crippen LogP contribution >= 0.6 is 0 Å². The van der Waals surface area contributed by atoms with Crippen LogP contribution in [0.3, 0.4) is 0 Å². The number of para-hydroxylation sites is 1. The van der Waals surface area contributed by atoms with Gasteiger partial charge < -0.3 is 0 Å². The SMILES string of the molecule is Cc1cnc(N2NCc3ccccc32)cn1. The van der Waals surface area contributed by atoms with E-state index in [0.717, 1.165) is 23.7 Å². The van der Waals surface area contributed by atoms with Crippen LogP contribution in [0.15, 0.2) is 36.7 Å². The molecule has 1 aliphatic rings. The van der Waals surface area contributed by atoms with Crippen molar-refractivity contribution >= 4 is 11.5 Å². The standard InChI is InChI=1S/C12H12N4/c1-9-6-14-12(8-13-9)16-11-5-3-2-4-10(11)7-15-16/h2-6,8,15H,7H2,1H3. The van der Waals surface area contributed by atoms with Crippen molar-refractivity contribution in [2.45, 2.75) is 13.5 Å². The Hall–Kier alpha value is -1.94. The summed E-state index contributed by atoms with van der Waals surface area (Å²) < 4.78 is 0. The molecule has 0 amide bonds. The summed E-state index contributed by atoms with van der Waals surface area (Å²) in [6.07, 6.45) is 3.56. The van der Waals surface area contributed by atoms with Crippen LogP contribution in [0.1, 0.15) is 11.3 Å². The van der Waals surface area contributed by atoms with Gasteiger partial charge in [-0.05, 0) is 18.6 Å². The van der Waals surface area contributed by atoms with Crippen LogP contribution in [-0.4, -0.2) is 9.97 Å². The number of benzene rings is 1. The van der Waals surface area contributed by atoms with Crippen LogP contribution in [-0.2, 0) is 6.54 Å². The Balaban J connectivity index is 2.01. The van der Waals surface area contributed by atoms with Crippen LogP contribution in [0.4, 0.5) is 11.5 Å². The van der Waals surface area contributed by atoms with E-state index in [1.165, 1.54) is 5.56 Å². The topological polar surface area (TPSA) is 41.1 Å². The maximum absolute atomic E-state index is 4.36. The molecule has 80 valence electrons. The highest BCUT2D eigenvalue weighted by molar-refractivity contribution is 5.64. The minimum Gasteiger partial charge on any atom is -0.258 e. The van der Waals surface area contributed by atoms with Crippen molar-refractivity contribution < 1.29 is 0 Å². The Morgan fingerprint density at radius 2 is 2.06 bits per heavy atom. The fraction of sp³-hybridized carbons (Fsp3) is 0.167. The predicted octanol–water partition coefficient (Wildman–Crippen LogP) is 1.94. The number of aromatic nitrogens is 2. The first-order valence-electron chi connectivity index (χ1n) is 5.25. The van der Waals surface area contributed by atoms with Gasteiger partial charge in [0.2, 0.25) is 0 Å². The molecule has 1 aromatic carbocycles. The lowest BCUT2D eigenvalue weighted by molar-refractivity contribution is 0.752. The number of hydrogen-bond donors (Lipinski definition) is 1. The molecule has 0 saturated heterocycles. The van der Waals surface area contributed by atoms with Gasteiger partial charge in [-0.1, -0.05) is 18.2 Å². The smallest absolute Gasteiger partial charge is 0.166 e. The first-order valence-corrected chi connectivity index (χ1v) is 5.25. The average molecular weight is 212 g/mol. The third kappa shape index (κ3) is 1.44. The molecule has 2 heterocycles. The monoisotopic (exact) mass is 212 g/mol. The number of rotatable bonds is 1. The van der Waals surface area contributed by atoms with E-state index in [-0.39, 0.29) is 0 Å². The lowest BCUT2D eigenvalue weighted by atomic mass is 10.2. The number of fused-ring (bicyclic) bond motifs is 1. The van der Waals surface area contributed by atoms with Crippen LogP contribution < -0.4 is 10.4 Å². The largest absolute Gasteiger partial charge is 0.258 e. The Morgan fingerprint density at radius 1 is 1.19 bits per heavy atom. The van der Waals surface area contributed by atoms with Gasteiger partial charge in [0, 0.05) is 6.54 Å². The molecule has 4 nitrogen and oxygen atoms in total. The van der Waals surface area contributed by atoms with Gasteiger partial charge in [-0.2, -0.15) is 0 Å². The van der Waals surface area contributed by atoms with E-state index in [1.807, 2.05) is 24.1 Å². The zero-order valence-corrected chi connectivity index (χ0v) is 9.01. The number of aryl methyl sites for hydroxylation is 1. The second-order valence-electron chi connectivity index (χ2n) is 3.81. The second kappa shape index (κ2) is 3.57. The fourth-order valence-corrected chi connectivity index (χ4v) is 1.83. The zero-order chi connectivity index (χ0) is 11.0. The van der Waals surface area contributed by atoms with Crippen molar-refractivity contribution in [2.24, 2.45) is 0 Å². The molecule has 0 bridgehead atoms. The summed E-state index contributed by atoms with van der Waals surface area (Å²) in [5, 5.41) is 1.97. The molecule has 0 aliphatic carbocycles. The predicted molar refractivity (Wildman–Crippen MR) is 62.2 cm³/mol. The summed E-state index contributed by atoms with van der Waals surface area (Å²) in [4.78, 5) is 8.61. The van der Waals surface area contributed by atoms with Gasteiger partial charge in [-0.25, -0.2) is 10.4 Å². The molecule has 1 aromatic heterocycles. The number of hydrogen-bond acceptors (Lipinski definition) is 4. The second-order valence-corrected chi connectivity index (χ2v) is 3.81. The summed E-state index contributed by atoms with van der Waals surface area (Å²) >= 11 is 0. The lowest BCUT2D eigenvalue weighted by Gasteiger charge is -2.17. The van der Waals surface area contributed by atoms with E-state index in [0.29, 0.717) is 0 Å². The highest BCUT2D eigenvalue weighted by atomic mass is 15.5. The Bertz CT molecular complexity index is 507. The van der Waals surface area contributed by atoms with Crippen molar-refractivity contribution in [2.75, 3.05) is 5.01 Å². The summed E-state index contributed by atoms with van der Waals surface area (Å²) in [7, 11) is 0. The molecule has 1 aliphatic heterocycles. The van der Waals surface area contributed by atoms with Crippen LogP contribution in [0.5, 0.6) is 0 Å². The van der Waals surface area contributed by atoms with Crippen LogP contribution in [0.25, 0.3) is 0 Å². The highest BCUT2D eigenvalue weighted by Gasteiger charge is 2.20. The first-order chi connectivity index (χ1) is 7.84. The quantitative estimate of drug-likeness (QED) is 0.784. The first kappa shape index (κ1) is 9.30. The fourth-order valence-electron chi connectivity index (χ4n) is 1.83. The minimum atomic E-state index is 0.829.